The SMILES string of the molecule is C=CC(C)C1=CC2CC1C1C(=O)N(c3ccc(Cc4ccc(N5C(=O)C6C7C=C(C(C)C=C)C(C7)C6C5=O)cc4)cc3)C(=O)C21. The Morgan fingerprint density at radius 2 is 0.978 bits per heavy atom. The fraction of sp³-hybridized carbons (Fsp3) is 0.385. The van der Waals surface area contributed by atoms with E-state index >= 15 is 0 Å². The van der Waals surface area contributed by atoms with Gasteiger partial charge < -0.3 is 0 Å². The molecule has 0 spiro atoms. The molecule has 2 heterocycles. The molecule has 0 N–H and O–H groups in total. The van der Waals surface area contributed by atoms with Crippen LogP contribution in [0.3, 0.4) is 0 Å². The number of imide groups is 2. The minimum Gasteiger partial charge on any atom is -0.274 e. The molecule has 4 fully saturated rings. The van der Waals surface area contributed by atoms with Crippen molar-refractivity contribution >= 4 is 35.0 Å². The molecule has 45 heavy (non-hydrogen) atoms. The zero-order chi connectivity index (χ0) is 31.3. The Labute approximate surface area is 264 Å². The summed E-state index contributed by atoms with van der Waals surface area (Å²) < 4.78 is 0. The summed E-state index contributed by atoms with van der Waals surface area (Å²) in [6, 6.07) is 15.3. The van der Waals surface area contributed by atoms with E-state index in [1.165, 1.54) is 20.9 Å². The van der Waals surface area contributed by atoms with Crippen molar-refractivity contribution in [2.24, 2.45) is 59.2 Å². The second kappa shape index (κ2) is 10.1. The smallest absolute Gasteiger partial charge is 0.238 e. The molecule has 2 aromatic carbocycles. The Hall–Kier alpha value is -4.32. The lowest BCUT2D eigenvalue weighted by Gasteiger charge is -2.24. The van der Waals surface area contributed by atoms with Crippen LogP contribution in [0.1, 0.15) is 37.8 Å². The molecular weight excluding hydrogens is 560 g/mol. The van der Waals surface area contributed by atoms with E-state index < -0.39 is 0 Å². The molecule has 6 heteroatoms. The molecule has 2 saturated heterocycles. The number of fused-ring (bicyclic) bond motifs is 10. The summed E-state index contributed by atoms with van der Waals surface area (Å²) in [5.74, 6) is -0.360. The fourth-order valence-electron chi connectivity index (χ4n) is 9.64. The van der Waals surface area contributed by atoms with Gasteiger partial charge in [-0.1, -0.05) is 73.6 Å². The summed E-state index contributed by atoms with van der Waals surface area (Å²) in [5.41, 5.74) is 5.87. The standard InChI is InChI=1S/C39H38N2O4/c1-5-20(3)28-16-24-18-30(28)34-32(24)36(42)40(38(34)44)26-11-7-22(8-12-26)15-23-9-13-27(14-10-23)41-37(43)33-25-17-29(21(4)6-2)31(19-25)35(33)39(41)45/h5-14,16-17,20-21,24-25,30-35H,1-2,15,18-19H2,3-4H3. The highest BCUT2D eigenvalue weighted by Gasteiger charge is 2.63. The van der Waals surface area contributed by atoms with Gasteiger partial charge in [0.1, 0.15) is 0 Å². The second-order valence-corrected chi connectivity index (χ2v) is 14.0. The number of anilines is 2. The highest BCUT2D eigenvalue weighted by atomic mass is 16.2. The summed E-state index contributed by atoms with van der Waals surface area (Å²) in [6.45, 7) is 12.1. The third-order valence-electron chi connectivity index (χ3n) is 11.9. The Balaban J connectivity index is 0.945. The first kappa shape index (κ1) is 28.2. The van der Waals surface area contributed by atoms with Crippen molar-refractivity contribution in [1.29, 1.82) is 0 Å². The van der Waals surface area contributed by atoms with Crippen molar-refractivity contribution in [2.45, 2.75) is 33.1 Å². The molecule has 228 valence electrons. The second-order valence-electron chi connectivity index (χ2n) is 14.0. The van der Waals surface area contributed by atoms with E-state index in [4.69, 9.17) is 0 Å². The minimum absolute atomic E-state index is 0.0759. The number of amides is 4. The molecule has 4 bridgehead atoms. The molecule has 0 aromatic heterocycles. The topological polar surface area (TPSA) is 74.8 Å². The zero-order valence-corrected chi connectivity index (χ0v) is 25.8. The molecule has 2 saturated carbocycles. The van der Waals surface area contributed by atoms with Crippen molar-refractivity contribution in [2.75, 3.05) is 9.80 Å². The normalized spacial score (nSPS) is 33.8. The molecule has 2 aromatic rings. The van der Waals surface area contributed by atoms with Gasteiger partial charge in [0.25, 0.3) is 0 Å². The van der Waals surface area contributed by atoms with E-state index in [1.807, 2.05) is 60.7 Å². The van der Waals surface area contributed by atoms with E-state index in [9.17, 15) is 19.2 Å². The number of hydrogen-bond donors (Lipinski definition) is 0. The van der Waals surface area contributed by atoms with Crippen LogP contribution < -0.4 is 9.80 Å². The molecule has 8 rings (SSSR count). The molecular formula is C39H38N2O4. The van der Waals surface area contributed by atoms with Gasteiger partial charge in [-0.2, -0.15) is 0 Å². The average Bonchev–Trinajstić information content (AvgIpc) is 3.89. The largest absolute Gasteiger partial charge is 0.274 e. The predicted octanol–water partition coefficient (Wildman–Crippen LogP) is 6.29. The van der Waals surface area contributed by atoms with E-state index in [2.05, 4.69) is 39.2 Å². The summed E-state index contributed by atoms with van der Waals surface area (Å²) in [6.07, 6.45) is 10.7. The molecule has 6 nitrogen and oxygen atoms in total. The number of hydrogen-bond acceptors (Lipinski definition) is 4. The van der Waals surface area contributed by atoms with Gasteiger partial charge in [0.15, 0.2) is 0 Å². The molecule has 6 aliphatic rings. The first-order valence-corrected chi connectivity index (χ1v) is 16.3. The van der Waals surface area contributed by atoms with E-state index in [0.29, 0.717) is 17.8 Å². The third-order valence-corrected chi connectivity index (χ3v) is 11.9. The summed E-state index contributed by atoms with van der Waals surface area (Å²) in [5, 5.41) is 0. The van der Waals surface area contributed by atoms with E-state index in [-0.39, 0.29) is 82.8 Å². The van der Waals surface area contributed by atoms with Crippen LogP contribution in [0.4, 0.5) is 11.4 Å². The van der Waals surface area contributed by atoms with Crippen molar-refractivity contribution in [3.05, 3.63) is 108 Å². The van der Waals surface area contributed by atoms with Gasteiger partial charge >= 0.3 is 0 Å². The lowest BCUT2D eigenvalue weighted by Crippen LogP contribution is -2.33. The van der Waals surface area contributed by atoms with Crippen molar-refractivity contribution in [3.63, 3.8) is 0 Å². The van der Waals surface area contributed by atoms with Crippen LogP contribution in [-0.4, -0.2) is 23.6 Å². The third kappa shape index (κ3) is 3.93. The first-order valence-electron chi connectivity index (χ1n) is 16.3. The number of nitrogens with zero attached hydrogens (tertiary/aromatic N) is 2. The fourth-order valence-corrected chi connectivity index (χ4v) is 9.64. The van der Waals surface area contributed by atoms with Crippen molar-refractivity contribution in [3.8, 4) is 0 Å². The van der Waals surface area contributed by atoms with Gasteiger partial charge in [-0.25, -0.2) is 0 Å². The number of benzene rings is 2. The van der Waals surface area contributed by atoms with Crippen molar-refractivity contribution in [1.82, 2.24) is 0 Å². The van der Waals surface area contributed by atoms with Crippen LogP contribution >= 0.6 is 0 Å². The molecule has 4 aliphatic carbocycles. The van der Waals surface area contributed by atoms with Crippen LogP contribution in [0.15, 0.2) is 97.1 Å². The van der Waals surface area contributed by atoms with E-state index in [0.717, 1.165) is 24.0 Å². The molecule has 10 unspecified atom stereocenters. The maximum Gasteiger partial charge on any atom is 0.238 e. The van der Waals surface area contributed by atoms with Crippen LogP contribution in [-0.2, 0) is 25.6 Å². The van der Waals surface area contributed by atoms with Gasteiger partial charge in [0.2, 0.25) is 23.6 Å². The number of carbonyl (C=O) groups is 4. The van der Waals surface area contributed by atoms with Gasteiger partial charge in [-0.05, 0) is 90.2 Å². The maximum atomic E-state index is 13.6. The highest BCUT2D eigenvalue weighted by Crippen LogP contribution is 2.59. The van der Waals surface area contributed by atoms with Gasteiger partial charge in [0, 0.05) is 0 Å². The highest BCUT2D eigenvalue weighted by molar-refractivity contribution is 6.23. The monoisotopic (exact) mass is 598 g/mol. The minimum atomic E-state index is -0.263. The van der Waals surface area contributed by atoms with Crippen LogP contribution in [0.5, 0.6) is 0 Å². The number of allylic oxidation sites excluding steroid dienone is 6. The first-order chi connectivity index (χ1) is 21.7. The van der Waals surface area contributed by atoms with Gasteiger partial charge in [-0.3, -0.25) is 29.0 Å². The zero-order valence-electron chi connectivity index (χ0n) is 25.8. The average molecular weight is 599 g/mol. The molecule has 10 atom stereocenters. The van der Waals surface area contributed by atoms with Crippen molar-refractivity contribution < 1.29 is 19.2 Å². The Morgan fingerprint density at radius 3 is 1.33 bits per heavy atom. The van der Waals surface area contributed by atoms with Crippen LogP contribution in [0.2, 0.25) is 0 Å². The Kier molecular flexibility index (Phi) is 6.32. The Bertz CT molecular complexity index is 1610. The van der Waals surface area contributed by atoms with Gasteiger partial charge in [-0.15, -0.1) is 13.2 Å². The number of rotatable bonds is 8. The number of carbonyl (C=O) groups excluding carboxylic acids is 4. The van der Waals surface area contributed by atoms with E-state index in [1.54, 1.807) is 0 Å². The van der Waals surface area contributed by atoms with Crippen LogP contribution in [0.25, 0.3) is 0 Å². The molecule has 0 radical (unpaired) electrons. The van der Waals surface area contributed by atoms with Crippen LogP contribution in [0, 0.1) is 59.2 Å². The predicted molar refractivity (Wildman–Crippen MR) is 173 cm³/mol. The quantitative estimate of drug-likeness (QED) is 0.265. The lowest BCUT2D eigenvalue weighted by molar-refractivity contribution is -0.124. The summed E-state index contributed by atoms with van der Waals surface area (Å²) in [7, 11) is 0. The molecule has 4 amide bonds. The van der Waals surface area contributed by atoms with Gasteiger partial charge in [0.05, 0.1) is 35.0 Å². The summed E-state index contributed by atoms with van der Waals surface area (Å²) in [4.78, 5) is 56.9. The molecule has 2 aliphatic heterocycles. The summed E-state index contributed by atoms with van der Waals surface area (Å²) >= 11 is 0. The maximum absolute atomic E-state index is 13.6. The Morgan fingerprint density at radius 1 is 0.622 bits per heavy atom. The lowest BCUT2D eigenvalue weighted by atomic mass is 9.77.